The van der Waals surface area contributed by atoms with E-state index in [0.717, 1.165) is 0 Å². The van der Waals surface area contributed by atoms with Crippen molar-refractivity contribution in [1.82, 2.24) is 10.6 Å². The van der Waals surface area contributed by atoms with Crippen molar-refractivity contribution in [3.63, 3.8) is 0 Å². The number of hydrogen-bond acceptors (Lipinski definition) is 4. The van der Waals surface area contributed by atoms with Crippen LogP contribution in [0.4, 0.5) is 26.3 Å². The summed E-state index contributed by atoms with van der Waals surface area (Å²) < 4.78 is 71.7. The fourth-order valence-electron chi connectivity index (χ4n) is 1.43. The van der Waals surface area contributed by atoms with E-state index >= 15 is 0 Å². The molecule has 0 spiro atoms. The van der Waals surface area contributed by atoms with Gasteiger partial charge in [-0.15, -0.1) is 0 Å². The van der Waals surface area contributed by atoms with E-state index in [1.165, 1.54) is 0 Å². The van der Waals surface area contributed by atoms with Gasteiger partial charge in [-0.3, -0.25) is 9.59 Å². The standard InChI is InChI=1S/C11H16F6N2O2S2/c1-2-3-7(19-9(21)6-23-11(15,16)17)4-18-8(20)5-22-10(12,13)14/h7H,2-6H2,1H3,(H,18,20)(H,19,21). The first-order valence-electron chi connectivity index (χ1n) is 6.40. The summed E-state index contributed by atoms with van der Waals surface area (Å²) in [7, 11) is 0. The van der Waals surface area contributed by atoms with Crippen molar-refractivity contribution in [2.45, 2.75) is 36.8 Å². The molecular formula is C11H16F6N2O2S2. The number of amides is 2. The maximum absolute atomic E-state index is 12.0. The van der Waals surface area contributed by atoms with Crippen molar-refractivity contribution in [1.29, 1.82) is 0 Å². The Hall–Kier alpha value is -0.780. The van der Waals surface area contributed by atoms with Gasteiger partial charge in [-0.25, -0.2) is 0 Å². The molecule has 0 aromatic carbocycles. The van der Waals surface area contributed by atoms with Gasteiger partial charge in [0.2, 0.25) is 11.8 Å². The lowest BCUT2D eigenvalue weighted by molar-refractivity contribution is -0.121. The lowest BCUT2D eigenvalue weighted by Crippen LogP contribution is -2.45. The van der Waals surface area contributed by atoms with Crippen molar-refractivity contribution < 1.29 is 35.9 Å². The third-order valence-corrected chi connectivity index (χ3v) is 3.75. The maximum atomic E-state index is 12.0. The summed E-state index contributed by atoms with van der Waals surface area (Å²) in [5, 5.41) is 4.53. The molecule has 0 saturated carbocycles. The van der Waals surface area contributed by atoms with E-state index < -0.39 is 63.9 Å². The molecule has 0 heterocycles. The van der Waals surface area contributed by atoms with Crippen LogP contribution in [0, 0.1) is 0 Å². The predicted octanol–water partition coefficient (Wildman–Crippen LogP) is 2.89. The van der Waals surface area contributed by atoms with Crippen molar-refractivity contribution in [2.75, 3.05) is 18.1 Å². The Kier molecular flexibility index (Phi) is 9.82. The Balaban J connectivity index is 4.20. The summed E-state index contributed by atoms with van der Waals surface area (Å²) >= 11 is -0.987. The number of carbonyl (C=O) groups excluding carboxylic acids is 2. The topological polar surface area (TPSA) is 58.2 Å². The molecule has 0 aromatic heterocycles. The van der Waals surface area contributed by atoms with E-state index in [1.54, 1.807) is 6.92 Å². The van der Waals surface area contributed by atoms with Gasteiger partial charge in [0, 0.05) is 12.6 Å². The van der Waals surface area contributed by atoms with Gasteiger partial charge in [-0.2, -0.15) is 26.3 Å². The average Bonchev–Trinajstić information content (AvgIpc) is 2.39. The van der Waals surface area contributed by atoms with E-state index in [2.05, 4.69) is 10.6 Å². The summed E-state index contributed by atoms with van der Waals surface area (Å²) in [4.78, 5) is 22.6. The van der Waals surface area contributed by atoms with E-state index in [0.29, 0.717) is 12.8 Å². The summed E-state index contributed by atoms with van der Waals surface area (Å²) in [6, 6.07) is -0.638. The minimum absolute atomic E-state index is 0.145. The second-order valence-corrected chi connectivity index (χ2v) is 6.41. The summed E-state index contributed by atoms with van der Waals surface area (Å²) in [5.74, 6) is -3.36. The Labute approximate surface area is 137 Å². The third-order valence-electron chi connectivity index (χ3n) is 2.28. The van der Waals surface area contributed by atoms with Crippen LogP contribution in [-0.2, 0) is 9.59 Å². The average molecular weight is 386 g/mol. The Morgan fingerprint density at radius 2 is 1.43 bits per heavy atom. The first-order chi connectivity index (χ1) is 10.4. The lowest BCUT2D eigenvalue weighted by Gasteiger charge is -2.19. The molecule has 0 aliphatic heterocycles. The van der Waals surface area contributed by atoms with Gasteiger partial charge >= 0.3 is 11.0 Å². The lowest BCUT2D eigenvalue weighted by atomic mass is 10.1. The quantitative estimate of drug-likeness (QED) is 0.599. The zero-order chi connectivity index (χ0) is 18.1. The predicted molar refractivity (Wildman–Crippen MR) is 76.9 cm³/mol. The number of nitrogens with one attached hydrogen (secondary N) is 2. The highest BCUT2D eigenvalue weighted by molar-refractivity contribution is 8.01. The number of halogens is 6. The Morgan fingerprint density at radius 1 is 0.957 bits per heavy atom. The largest absolute Gasteiger partial charge is 0.442 e. The molecule has 0 aliphatic rings. The Morgan fingerprint density at radius 3 is 1.87 bits per heavy atom. The van der Waals surface area contributed by atoms with Crippen LogP contribution in [-0.4, -0.2) is 46.9 Å². The molecule has 23 heavy (non-hydrogen) atoms. The van der Waals surface area contributed by atoms with Crippen LogP contribution in [0.3, 0.4) is 0 Å². The van der Waals surface area contributed by atoms with Crippen LogP contribution >= 0.6 is 23.5 Å². The minimum atomic E-state index is -4.53. The number of carbonyl (C=O) groups is 2. The molecule has 0 saturated heterocycles. The highest BCUT2D eigenvalue weighted by Crippen LogP contribution is 2.30. The van der Waals surface area contributed by atoms with E-state index in [9.17, 15) is 35.9 Å². The molecule has 0 aromatic rings. The molecule has 4 nitrogen and oxygen atoms in total. The van der Waals surface area contributed by atoms with E-state index in [1.807, 2.05) is 0 Å². The van der Waals surface area contributed by atoms with Gasteiger partial charge in [-0.05, 0) is 29.9 Å². The molecular weight excluding hydrogens is 370 g/mol. The van der Waals surface area contributed by atoms with Gasteiger partial charge in [0.25, 0.3) is 0 Å². The third kappa shape index (κ3) is 14.5. The fraction of sp³-hybridized carbons (Fsp3) is 0.818. The molecule has 1 unspecified atom stereocenters. The second-order valence-electron chi connectivity index (χ2n) is 4.33. The van der Waals surface area contributed by atoms with Crippen molar-refractivity contribution >= 4 is 35.3 Å². The molecule has 1 atom stereocenters. The zero-order valence-corrected chi connectivity index (χ0v) is 13.6. The van der Waals surface area contributed by atoms with Crippen LogP contribution in [0.5, 0.6) is 0 Å². The number of alkyl halides is 6. The molecule has 0 bridgehead atoms. The normalized spacial score (nSPS) is 13.5. The first-order valence-corrected chi connectivity index (χ1v) is 8.37. The van der Waals surface area contributed by atoms with Crippen LogP contribution in [0.25, 0.3) is 0 Å². The molecule has 0 aliphatic carbocycles. The smallest absolute Gasteiger partial charge is 0.353 e. The van der Waals surface area contributed by atoms with Crippen LogP contribution in [0.2, 0.25) is 0 Å². The van der Waals surface area contributed by atoms with Gasteiger partial charge in [0.05, 0.1) is 11.5 Å². The zero-order valence-electron chi connectivity index (χ0n) is 12.0. The highest BCUT2D eigenvalue weighted by atomic mass is 32.2. The monoisotopic (exact) mass is 386 g/mol. The van der Waals surface area contributed by atoms with Gasteiger partial charge < -0.3 is 10.6 Å². The summed E-state index contributed by atoms with van der Waals surface area (Å²) in [5.41, 5.74) is -9.05. The van der Waals surface area contributed by atoms with E-state index in [4.69, 9.17) is 0 Å². The van der Waals surface area contributed by atoms with Crippen LogP contribution in [0.1, 0.15) is 19.8 Å². The number of hydrogen-bond donors (Lipinski definition) is 2. The fourth-order valence-corrected chi connectivity index (χ4v) is 2.20. The van der Waals surface area contributed by atoms with Crippen LogP contribution < -0.4 is 10.6 Å². The van der Waals surface area contributed by atoms with Gasteiger partial charge in [0.15, 0.2) is 0 Å². The molecule has 0 rings (SSSR count). The van der Waals surface area contributed by atoms with Crippen molar-refractivity contribution in [3.8, 4) is 0 Å². The SMILES string of the molecule is CCCC(CNC(=O)CSC(F)(F)F)NC(=O)CSC(F)(F)F. The minimum Gasteiger partial charge on any atom is -0.353 e. The van der Waals surface area contributed by atoms with Crippen molar-refractivity contribution in [3.05, 3.63) is 0 Å². The Bertz CT molecular complexity index is 390. The molecule has 2 N–H and O–H groups in total. The molecule has 136 valence electrons. The summed E-state index contributed by atoms with van der Waals surface area (Å²) in [6.45, 7) is 1.61. The molecule has 2 amide bonds. The number of rotatable bonds is 9. The molecule has 0 radical (unpaired) electrons. The van der Waals surface area contributed by atoms with E-state index in [-0.39, 0.29) is 6.54 Å². The molecule has 0 fully saturated rings. The number of thioether (sulfide) groups is 2. The highest BCUT2D eigenvalue weighted by Gasteiger charge is 2.30. The first kappa shape index (κ1) is 22.2. The van der Waals surface area contributed by atoms with Gasteiger partial charge in [0.1, 0.15) is 0 Å². The second kappa shape index (κ2) is 10.2. The van der Waals surface area contributed by atoms with Crippen LogP contribution in [0.15, 0.2) is 0 Å². The van der Waals surface area contributed by atoms with Gasteiger partial charge in [-0.1, -0.05) is 13.3 Å². The maximum Gasteiger partial charge on any atom is 0.442 e. The molecule has 12 heteroatoms. The summed E-state index contributed by atoms with van der Waals surface area (Å²) in [6.07, 6.45) is 0.944. The van der Waals surface area contributed by atoms with Crippen molar-refractivity contribution in [2.24, 2.45) is 0 Å².